The average Bonchev–Trinajstić information content (AvgIpc) is 2.78. The maximum Gasteiger partial charge on any atom is 0.191 e. The molecule has 1 fully saturated rings. The van der Waals surface area contributed by atoms with Crippen LogP contribution in [0, 0.1) is 0 Å². The third kappa shape index (κ3) is 7.39. The van der Waals surface area contributed by atoms with Gasteiger partial charge in [-0.15, -0.1) is 24.0 Å². The van der Waals surface area contributed by atoms with Crippen molar-refractivity contribution >= 4 is 41.7 Å². The fourth-order valence-electron chi connectivity index (χ4n) is 1.88. The summed E-state index contributed by atoms with van der Waals surface area (Å²) in [7, 11) is 0. The van der Waals surface area contributed by atoms with Gasteiger partial charge in [-0.2, -0.15) is 11.8 Å². The Balaban J connectivity index is 0.00000256. The summed E-state index contributed by atoms with van der Waals surface area (Å²) in [4.78, 5) is 4.62. The Morgan fingerprint density at radius 1 is 1.41 bits per heavy atom. The summed E-state index contributed by atoms with van der Waals surface area (Å²) in [6, 6.07) is 0.641. The van der Waals surface area contributed by atoms with Gasteiger partial charge < -0.3 is 10.6 Å². The van der Waals surface area contributed by atoms with Crippen LogP contribution < -0.4 is 10.6 Å². The van der Waals surface area contributed by atoms with Gasteiger partial charge in [-0.1, -0.05) is 19.8 Å². The average molecular weight is 371 g/mol. The first-order chi connectivity index (χ1) is 7.76. The van der Waals surface area contributed by atoms with Crippen LogP contribution in [0.2, 0.25) is 0 Å². The van der Waals surface area contributed by atoms with Crippen LogP contribution in [-0.4, -0.2) is 36.6 Å². The van der Waals surface area contributed by atoms with Crippen LogP contribution in [0.5, 0.6) is 0 Å². The highest BCUT2D eigenvalue weighted by atomic mass is 127. The van der Waals surface area contributed by atoms with Crippen LogP contribution in [0.25, 0.3) is 0 Å². The Kier molecular flexibility index (Phi) is 10.5. The third-order valence-electron chi connectivity index (χ3n) is 2.95. The topological polar surface area (TPSA) is 36.4 Å². The molecule has 2 N–H and O–H groups in total. The van der Waals surface area contributed by atoms with Crippen LogP contribution >= 0.6 is 35.7 Å². The molecule has 1 aliphatic carbocycles. The van der Waals surface area contributed by atoms with Crippen LogP contribution in [0.15, 0.2) is 4.99 Å². The van der Waals surface area contributed by atoms with Gasteiger partial charge in [0.1, 0.15) is 0 Å². The van der Waals surface area contributed by atoms with Gasteiger partial charge in [0, 0.05) is 17.8 Å². The molecule has 0 saturated heterocycles. The molecule has 17 heavy (non-hydrogen) atoms. The number of hydrogen-bond donors (Lipinski definition) is 2. The predicted molar refractivity (Wildman–Crippen MR) is 89.8 cm³/mol. The van der Waals surface area contributed by atoms with Crippen molar-refractivity contribution in [3.8, 4) is 0 Å². The first kappa shape index (κ1) is 17.4. The Hall–Kier alpha value is 0.350. The Morgan fingerprint density at radius 2 is 2.06 bits per heavy atom. The molecule has 1 unspecified atom stereocenters. The van der Waals surface area contributed by atoms with Crippen LogP contribution in [0.3, 0.4) is 0 Å². The molecular formula is C12H26IN3S. The molecule has 1 saturated carbocycles. The van der Waals surface area contributed by atoms with Crippen molar-refractivity contribution in [3.63, 3.8) is 0 Å². The molecule has 0 aromatic rings. The second-order valence-electron chi connectivity index (χ2n) is 4.39. The van der Waals surface area contributed by atoms with Crippen molar-refractivity contribution in [1.29, 1.82) is 0 Å². The van der Waals surface area contributed by atoms with E-state index in [4.69, 9.17) is 0 Å². The monoisotopic (exact) mass is 371 g/mol. The van der Waals surface area contributed by atoms with Gasteiger partial charge in [-0.3, -0.25) is 4.99 Å². The molecule has 1 atom stereocenters. The zero-order chi connectivity index (χ0) is 11.8. The van der Waals surface area contributed by atoms with Gasteiger partial charge in [0.2, 0.25) is 0 Å². The van der Waals surface area contributed by atoms with E-state index in [9.17, 15) is 0 Å². The summed E-state index contributed by atoms with van der Waals surface area (Å²) in [5, 5.41) is 7.44. The minimum atomic E-state index is 0. The van der Waals surface area contributed by atoms with Crippen LogP contribution in [0.1, 0.15) is 39.5 Å². The highest BCUT2D eigenvalue weighted by Gasteiger charge is 2.15. The largest absolute Gasteiger partial charge is 0.357 e. The standard InChI is InChI=1S/C12H25N3S.HI/c1-4-13-12(14-9-10(2)16-3)15-11-7-5-6-8-11;/h10-11H,4-9H2,1-3H3,(H2,13,14,15);1H. The summed E-state index contributed by atoms with van der Waals surface area (Å²) < 4.78 is 0. The molecule has 3 nitrogen and oxygen atoms in total. The zero-order valence-electron chi connectivity index (χ0n) is 11.2. The smallest absolute Gasteiger partial charge is 0.191 e. The highest BCUT2D eigenvalue weighted by Crippen LogP contribution is 2.17. The van der Waals surface area contributed by atoms with Crippen molar-refractivity contribution in [2.75, 3.05) is 19.3 Å². The molecule has 0 aliphatic heterocycles. The number of aliphatic imine (C=N–C) groups is 1. The molecule has 0 heterocycles. The first-order valence-electron chi connectivity index (χ1n) is 6.34. The fourth-order valence-corrected chi connectivity index (χ4v) is 2.10. The highest BCUT2D eigenvalue weighted by molar-refractivity contribution is 14.0. The number of nitrogens with zero attached hydrogens (tertiary/aromatic N) is 1. The van der Waals surface area contributed by atoms with E-state index in [-0.39, 0.29) is 24.0 Å². The molecule has 0 spiro atoms. The van der Waals surface area contributed by atoms with E-state index < -0.39 is 0 Å². The van der Waals surface area contributed by atoms with Crippen molar-refractivity contribution < 1.29 is 0 Å². The van der Waals surface area contributed by atoms with E-state index in [1.807, 2.05) is 11.8 Å². The molecule has 0 radical (unpaired) electrons. The lowest BCUT2D eigenvalue weighted by Gasteiger charge is -2.17. The summed E-state index contributed by atoms with van der Waals surface area (Å²) in [5.74, 6) is 0.996. The lowest BCUT2D eigenvalue weighted by molar-refractivity contribution is 0.614. The summed E-state index contributed by atoms with van der Waals surface area (Å²) >= 11 is 1.86. The van der Waals surface area contributed by atoms with Crippen molar-refractivity contribution in [2.45, 2.75) is 50.8 Å². The molecular weight excluding hydrogens is 345 g/mol. The Morgan fingerprint density at radius 3 is 2.59 bits per heavy atom. The van der Waals surface area contributed by atoms with Gasteiger partial charge in [0.15, 0.2) is 5.96 Å². The van der Waals surface area contributed by atoms with Crippen molar-refractivity contribution in [3.05, 3.63) is 0 Å². The Bertz CT molecular complexity index is 218. The van der Waals surface area contributed by atoms with Crippen molar-refractivity contribution in [1.82, 2.24) is 10.6 Å². The van der Waals surface area contributed by atoms with Gasteiger partial charge >= 0.3 is 0 Å². The van der Waals surface area contributed by atoms with Gasteiger partial charge in [0.25, 0.3) is 0 Å². The van der Waals surface area contributed by atoms with E-state index in [2.05, 4.69) is 35.7 Å². The van der Waals surface area contributed by atoms with Gasteiger partial charge in [0.05, 0.1) is 6.54 Å². The van der Waals surface area contributed by atoms with E-state index in [0.29, 0.717) is 11.3 Å². The van der Waals surface area contributed by atoms with Crippen LogP contribution in [0.4, 0.5) is 0 Å². The number of guanidine groups is 1. The van der Waals surface area contributed by atoms with E-state index in [0.717, 1.165) is 19.0 Å². The number of nitrogens with one attached hydrogen (secondary N) is 2. The number of halogens is 1. The van der Waals surface area contributed by atoms with Gasteiger partial charge in [-0.05, 0) is 26.0 Å². The predicted octanol–water partition coefficient (Wildman–Crippen LogP) is 2.85. The summed E-state index contributed by atoms with van der Waals surface area (Å²) in [6.45, 7) is 6.16. The van der Waals surface area contributed by atoms with Gasteiger partial charge in [-0.25, -0.2) is 0 Å². The lowest BCUT2D eigenvalue weighted by atomic mass is 10.2. The lowest BCUT2D eigenvalue weighted by Crippen LogP contribution is -2.42. The molecule has 0 aromatic carbocycles. The maximum absolute atomic E-state index is 4.62. The quantitative estimate of drug-likeness (QED) is 0.443. The van der Waals surface area contributed by atoms with E-state index in [1.54, 1.807) is 0 Å². The SMILES string of the molecule is CCNC(=NCC(C)SC)NC1CCCC1.I. The van der Waals surface area contributed by atoms with E-state index in [1.165, 1.54) is 25.7 Å². The molecule has 0 amide bonds. The molecule has 5 heteroatoms. The molecule has 0 bridgehead atoms. The summed E-state index contributed by atoms with van der Waals surface area (Å²) in [6.07, 6.45) is 7.44. The Labute approximate surface area is 127 Å². The molecule has 0 aromatic heterocycles. The minimum Gasteiger partial charge on any atom is -0.357 e. The minimum absolute atomic E-state index is 0. The third-order valence-corrected chi connectivity index (χ3v) is 3.90. The normalized spacial score (nSPS) is 18.6. The fraction of sp³-hybridized carbons (Fsp3) is 0.917. The second-order valence-corrected chi connectivity index (χ2v) is 5.67. The second kappa shape index (κ2) is 10.3. The number of hydrogen-bond acceptors (Lipinski definition) is 2. The van der Waals surface area contributed by atoms with Crippen molar-refractivity contribution in [2.24, 2.45) is 4.99 Å². The molecule has 1 rings (SSSR count). The summed E-state index contributed by atoms with van der Waals surface area (Å²) in [5.41, 5.74) is 0. The number of thioether (sulfide) groups is 1. The molecule has 1 aliphatic rings. The number of rotatable bonds is 5. The molecule has 102 valence electrons. The van der Waals surface area contributed by atoms with E-state index >= 15 is 0 Å². The first-order valence-corrected chi connectivity index (χ1v) is 7.62. The van der Waals surface area contributed by atoms with Crippen LogP contribution in [-0.2, 0) is 0 Å². The maximum atomic E-state index is 4.62. The zero-order valence-corrected chi connectivity index (χ0v) is 14.3.